The molecule has 0 bridgehead atoms. The zero-order valence-corrected chi connectivity index (χ0v) is 10.4. The van der Waals surface area contributed by atoms with Crippen molar-refractivity contribution in [3.63, 3.8) is 0 Å². The third-order valence-corrected chi connectivity index (χ3v) is 3.77. The number of hydrogen-bond donors (Lipinski definition) is 1. The number of amides is 1. The Morgan fingerprint density at radius 2 is 2.11 bits per heavy atom. The Balaban J connectivity index is 1.66. The number of likely N-dealkylation sites (tertiary alicyclic amines) is 1. The molecule has 2 aliphatic rings. The summed E-state index contributed by atoms with van der Waals surface area (Å²) in [6.45, 7) is 0.802. The molecular weight excluding hydrogens is 246 g/mol. The van der Waals surface area contributed by atoms with Crippen LogP contribution in [0, 0.1) is 5.92 Å². The van der Waals surface area contributed by atoms with Crippen LogP contribution in [0.4, 0.5) is 0 Å². The number of carboxylic acids is 1. The summed E-state index contributed by atoms with van der Waals surface area (Å²) in [6.07, 6.45) is 0.606. The van der Waals surface area contributed by atoms with Gasteiger partial charge in [0.15, 0.2) is 6.10 Å². The minimum absolute atomic E-state index is 0.0973. The Labute approximate surface area is 110 Å². The van der Waals surface area contributed by atoms with Gasteiger partial charge in [-0.1, -0.05) is 18.2 Å². The molecule has 0 saturated carbocycles. The average Bonchev–Trinajstić information content (AvgIpc) is 3.04. The topological polar surface area (TPSA) is 66.8 Å². The first-order chi connectivity index (χ1) is 9.15. The highest BCUT2D eigenvalue weighted by Gasteiger charge is 2.37. The molecule has 5 nitrogen and oxygen atoms in total. The molecule has 19 heavy (non-hydrogen) atoms. The SMILES string of the molecule is O=C(O)[C@@H]1CCN(C(=O)[C@H]2Cc3ccccc3O2)C1. The number of para-hydroxylation sites is 1. The summed E-state index contributed by atoms with van der Waals surface area (Å²) < 4.78 is 5.64. The smallest absolute Gasteiger partial charge is 0.308 e. The summed E-state index contributed by atoms with van der Waals surface area (Å²) in [5.41, 5.74) is 1.04. The first-order valence-electron chi connectivity index (χ1n) is 6.41. The normalized spacial score (nSPS) is 24.9. The molecular formula is C14H15NO4. The standard InChI is InChI=1S/C14H15NO4/c16-13(15-6-5-10(8-15)14(17)18)12-7-9-3-1-2-4-11(9)19-12/h1-4,10,12H,5-8H2,(H,17,18)/t10-,12-/m1/s1. The van der Waals surface area contributed by atoms with Gasteiger partial charge in [-0.15, -0.1) is 0 Å². The molecule has 2 aliphatic heterocycles. The van der Waals surface area contributed by atoms with Crippen LogP contribution in [0.3, 0.4) is 0 Å². The molecule has 0 radical (unpaired) electrons. The Morgan fingerprint density at radius 3 is 2.79 bits per heavy atom. The fourth-order valence-corrected chi connectivity index (χ4v) is 2.69. The molecule has 0 spiro atoms. The van der Waals surface area contributed by atoms with E-state index in [2.05, 4.69) is 0 Å². The van der Waals surface area contributed by atoms with E-state index >= 15 is 0 Å². The summed E-state index contributed by atoms with van der Waals surface area (Å²) in [5.74, 6) is -0.603. The van der Waals surface area contributed by atoms with Gasteiger partial charge in [-0.05, 0) is 18.1 Å². The second-order valence-corrected chi connectivity index (χ2v) is 5.03. The van der Waals surface area contributed by atoms with Gasteiger partial charge >= 0.3 is 5.97 Å². The molecule has 5 heteroatoms. The van der Waals surface area contributed by atoms with Crippen LogP contribution in [0.1, 0.15) is 12.0 Å². The van der Waals surface area contributed by atoms with Crippen LogP contribution in [-0.2, 0) is 16.0 Å². The van der Waals surface area contributed by atoms with Crippen LogP contribution in [0.2, 0.25) is 0 Å². The number of carbonyl (C=O) groups is 2. The first-order valence-corrected chi connectivity index (χ1v) is 6.41. The highest BCUT2D eigenvalue weighted by molar-refractivity contribution is 5.84. The van der Waals surface area contributed by atoms with E-state index in [0.29, 0.717) is 25.9 Å². The lowest BCUT2D eigenvalue weighted by atomic mass is 10.1. The lowest BCUT2D eigenvalue weighted by Crippen LogP contribution is -2.40. The van der Waals surface area contributed by atoms with Crippen LogP contribution in [0.5, 0.6) is 5.75 Å². The quantitative estimate of drug-likeness (QED) is 0.859. The number of ether oxygens (including phenoxy) is 1. The number of carboxylic acid groups (broad SMARTS) is 1. The van der Waals surface area contributed by atoms with Gasteiger partial charge in [0.25, 0.3) is 5.91 Å². The number of benzene rings is 1. The number of rotatable bonds is 2. The predicted octanol–water partition coefficient (Wildman–Crippen LogP) is 0.923. The Bertz CT molecular complexity index is 503. The molecule has 1 aromatic carbocycles. The summed E-state index contributed by atoms with van der Waals surface area (Å²) in [5, 5.41) is 8.95. The van der Waals surface area contributed by atoms with Gasteiger partial charge in [0, 0.05) is 19.5 Å². The highest BCUT2D eigenvalue weighted by Crippen LogP contribution is 2.30. The number of aliphatic carboxylic acids is 1. The molecule has 0 aromatic heterocycles. The molecule has 3 rings (SSSR count). The molecule has 100 valence electrons. The van der Waals surface area contributed by atoms with Crippen LogP contribution >= 0.6 is 0 Å². The number of hydrogen-bond acceptors (Lipinski definition) is 3. The van der Waals surface area contributed by atoms with Crippen molar-refractivity contribution in [2.45, 2.75) is 18.9 Å². The summed E-state index contributed by atoms with van der Waals surface area (Å²) in [6, 6.07) is 7.60. The van der Waals surface area contributed by atoms with E-state index in [1.165, 1.54) is 0 Å². The van der Waals surface area contributed by atoms with Crippen molar-refractivity contribution in [3.05, 3.63) is 29.8 Å². The fraction of sp³-hybridized carbons (Fsp3) is 0.429. The molecule has 0 unspecified atom stereocenters. The zero-order chi connectivity index (χ0) is 13.4. The predicted molar refractivity (Wildman–Crippen MR) is 66.9 cm³/mol. The van der Waals surface area contributed by atoms with Crippen molar-refractivity contribution in [1.29, 1.82) is 0 Å². The molecule has 1 saturated heterocycles. The minimum Gasteiger partial charge on any atom is -0.481 e. The van der Waals surface area contributed by atoms with E-state index in [0.717, 1.165) is 11.3 Å². The Hall–Kier alpha value is -2.04. The van der Waals surface area contributed by atoms with Crippen molar-refractivity contribution in [3.8, 4) is 5.75 Å². The molecule has 1 amide bonds. The van der Waals surface area contributed by atoms with E-state index in [4.69, 9.17) is 9.84 Å². The van der Waals surface area contributed by atoms with Gasteiger partial charge < -0.3 is 14.7 Å². The van der Waals surface area contributed by atoms with Crippen molar-refractivity contribution < 1.29 is 19.4 Å². The van der Waals surface area contributed by atoms with Gasteiger partial charge in [-0.2, -0.15) is 0 Å². The van der Waals surface area contributed by atoms with Crippen molar-refractivity contribution >= 4 is 11.9 Å². The fourth-order valence-electron chi connectivity index (χ4n) is 2.69. The van der Waals surface area contributed by atoms with E-state index < -0.39 is 18.0 Å². The monoisotopic (exact) mass is 261 g/mol. The van der Waals surface area contributed by atoms with Crippen LogP contribution < -0.4 is 4.74 Å². The summed E-state index contributed by atoms with van der Waals surface area (Å²) >= 11 is 0. The highest BCUT2D eigenvalue weighted by atomic mass is 16.5. The van der Waals surface area contributed by atoms with Crippen molar-refractivity contribution in [1.82, 2.24) is 4.90 Å². The van der Waals surface area contributed by atoms with Crippen LogP contribution in [0.25, 0.3) is 0 Å². The molecule has 2 atom stereocenters. The van der Waals surface area contributed by atoms with Crippen LogP contribution in [0.15, 0.2) is 24.3 Å². The number of carbonyl (C=O) groups excluding carboxylic acids is 1. The first kappa shape index (κ1) is 12.0. The molecule has 0 aliphatic carbocycles. The van der Waals surface area contributed by atoms with Gasteiger partial charge in [0.05, 0.1) is 5.92 Å². The minimum atomic E-state index is -0.828. The van der Waals surface area contributed by atoms with Gasteiger partial charge in [0.2, 0.25) is 0 Å². The maximum absolute atomic E-state index is 12.3. The third-order valence-electron chi connectivity index (χ3n) is 3.77. The zero-order valence-electron chi connectivity index (χ0n) is 10.4. The maximum Gasteiger partial charge on any atom is 0.308 e. The van der Waals surface area contributed by atoms with Gasteiger partial charge in [-0.25, -0.2) is 0 Å². The third kappa shape index (κ3) is 2.16. The number of nitrogens with zero attached hydrogens (tertiary/aromatic N) is 1. The van der Waals surface area contributed by atoms with Crippen molar-refractivity contribution in [2.24, 2.45) is 5.92 Å². The van der Waals surface area contributed by atoms with Crippen molar-refractivity contribution in [2.75, 3.05) is 13.1 Å². The Morgan fingerprint density at radius 1 is 1.32 bits per heavy atom. The summed E-state index contributed by atoms with van der Waals surface area (Å²) in [4.78, 5) is 24.8. The van der Waals surface area contributed by atoms with E-state index in [-0.39, 0.29) is 5.91 Å². The second-order valence-electron chi connectivity index (χ2n) is 5.03. The maximum atomic E-state index is 12.3. The Kier molecular flexibility index (Phi) is 2.89. The average molecular weight is 261 g/mol. The molecule has 2 heterocycles. The molecule has 1 N–H and O–H groups in total. The van der Waals surface area contributed by atoms with Gasteiger partial charge in [0.1, 0.15) is 5.75 Å². The second kappa shape index (κ2) is 4.57. The van der Waals surface area contributed by atoms with E-state index in [1.54, 1.807) is 4.90 Å². The van der Waals surface area contributed by atoms with Gasteiger partial charge in [-0.3, -0.25) is 9.59 Å². The van der Waals surface area contributed by atoms with Crippen LogP contribution in [-0.4, -0.2) is 41.1 Å². The lowest BCUT2D eigenvalue weighted by Gasteiger charge is -2.19. The van der Waals surface area contributed by atoms with E-state index in [9.17, 15) is 9.59 Å². The molecule has 1 fully saturated rings. The van der Waals surface area contributed by atoms with E-state index in [1.807, 2.05) is 24.3 Å². The summed E-state index contributed by atoms with van der Waals surface area (Å²) in [7, 11) is 0. The molecule has 1 aromatic rings. The largest absolute Gasteiger partial charge is 0.481 e. The number of fused-ring (bicyclic) bond motifs is 1. The lowest BCUT2D eigenvalue weighted by molar-refractivity contribution is -0.142.